The van der Waals surface area contributed by atoms with E-state index >= 15 is 0 Å². The van der Waals surface area contributed by atoms with E-state index in [9.17, 15) is 0 Å². The van der Waals surface area contributed by atoms with Gasteiger partial charge in [-0.3, -0.25) is 0 Å². The predicted molar refractivity (Wildman–Crippen MR) is 85.1 cm³/mol. The highest BCUT2D eigenvalue weighted by molar-refractivity contribution is 4.59. The Hall–Kier alpha value is -0.120. The second-order valence-electron chi connectivity index (χ2n) is 5.76. The zero-order valence-corrected chi connectivity index (χ0v) is 13.9. The summed E-state index contributed by atoms with van der Waals surface area (Å²) < 4.78 is 11.3. The van der Waals surface area contributed by atoms with Gasteiger partial charge in [0.2, 0.25) is 0 Å². The minimum atomic E-state index is -0.385. The molecule has 3 nitrogen and oxygen atoms in total. The molecular weight excluding hydrogens is 252 g/mol. The molecule has 0 aromatic heterocycles. The molecular formula is C17H36O3. The molecule has 0 saturated carbocycles. The average Bonchev–Trinajstić information content (AvgIpc) is 2.42. The van der Waals surface area contributed by atoms with E-state index in [0.717, 1.165) is 0 Å². The van der Waals surface area contributed by atoms with Gasteiger partial charge >= 0.3 is 0 Å². The maximum Gasteiger partial charge on any atom is 0.0745 e. The van der Waals surface area contributed by atoms with E-state index in [4.69, 9.17) is 14.6 Å². The molecule has 1 N–H and O–H groups in total. The SMILES string of the molecule is CCCCCCC(CCCCC)OCCOCC(C)O. The summed E-state index contributed by atoms with van der Waals surface area (Å²) in [6.45, 7) is 7.86. The van der Waals surface area contributed by atoms with E-state index < -0.39 is 0 Å². The summed E-state index contributed by atoms with van der Waals surface area (Å²) in [4.78, 5) is 0. The second-order valence-corrected chi connectivity index (χ2v) is 5.76. The van der Waals surface area contributed by atoms with Gasteiger partial charge in [0.1, 0.15) is 0 Å². The Balaban J connectivity index is 3.67. The molecule has 0 aliphatic carbocycles. The fourth-order valence-corrected chi connectivity index (χ4v) is 2.26. The van der Waals surface area contributed by atoms with Crippen LogP contribution in [-0.2, 0) is 9.47 Å². The third-order valence-corrected chi connectivity index (χ3v) is 3.45. The van der Waals surface area contributed by atoms with E-state index in [1.165, 1.54) is 57.8 Å². The number of aliphatic hydroxyl groups excluding tert-OH is 1. The van der Waals surface area contributed by atoms with Crippen LogP contribution >= 0.6 is 0 Å². The fraction of sp³-hybridized carbons (Fsp3) is 1.00. The van der Waals surface area contributed by atoms with Gasteiger partial charge in [-0.05, 0) is 19.8 Å². The van der Waals surface area contributed by atoms with Crippen LogP contribution < -0.4 is 0 Å². The zero-order chi connectivity index (χ0) is 15.1. The molecule has 20 heavy (non-hydrogen) atoms. The Morgan fingerprint density at radius 2 is 1.45 bits per heavy atom. The van der Waals surface area contributed by atoms with Crippen molar-refractivity contribution in [2.24, 2.45) is 0 Å². The molecule has 0 aromatic carbocycles. The standard InChI is InChI=1S/C17H36O3/c1-4-6-8-10-12-17(11-9-7-5-2)20-14-13-19-15-16(3)18/h16-18H,4-15H2,1-3H3. The van der Waals surface area contributed by atoms with Gasteiger partial charge in [0.15, 0.2) is 0 Å². The van der Waals surface area contributed by atoms with Crippen molar-refractivity contribution in [2.75, 3.05) is 19.8 Å². The molecule has 0 fully saturated rings. The van der Waals surface area contributed by atoms with Crippen molar-refractivity contribution < 1.29 is 14.6 Å². The number of aliphatic hydroxyl groups is 1. The summed E-state index contributed by atoms with van der Waals surface area (Å²) >= 11 is 0. The number of rotatable bonds is 15. The summed E-state index contributed by atoms with van der Waals surface area (Å²) in [6, 6.07) is 0. The van der Waals surface area contributed by atoms with Crippen molar-refractivity contribution in [3.8, 4) is 0 Å². The fourth-order valence-electron chi connectivity index (χ4n) is 2.26. The van der Waals surface area contributed by atoms with Crippen LogP contribution in [0.25, 0.3) is 0 Å². The van der Waals surface area contributed by atoms with Crippen molar-refractivity contribution >= 4 is 0 Å². The monoisotopic (exact) mass is 288 g/mol. The molecule has 0 aromatic rings. The summed E-state index contributed by atoms with van der Waals surface area (Å²) in [5, 5.41) is 9.10. The first-order valence-electron chi connectivity index (χ1n) is 8.58. The number of ether oxygens (including phenoxy) is 2. The van der Waals surface area contributed by atoms with Crippen molar-refractivity contribution in [1.82, 2.24) is 0 Å². The van der Waals surface area contributed by atoms with Crippen LogP contribution in [0.1, 0.15) is 78.6 Å². The molecule has 2 unspecified atom stereocenters. The lowest BCUT2D eigenvalue weighted by atomic mass is 10.0. The van der Waals surface area contributed by atoms with Crippen molar-refractivity contribution in [2.45, 2.75) is 90.8 Å². The highest BCUT2D eigenvalue weighted by atomic mass is 16.5. The van der Waals surface area contributed by atoms with Crippen LogP contribution in [0, 0.1) is 0 Å². The second kappa shape index (κ2) is 15.3. The lowest BCUT2D eigenvalue weighted by Crippen LogP contribution is -2.18. The maximum atomic E-state index is 9.10. The Kier molecular flexibility index (Phi) is 15.2. The first-order chi connectivity index (χ1) is 9.70. The van der Waals surface area contributed by atoms with Crippen LogP contribution in [-0.4, -0.2) is 37.1 Å². The van der Waals surface area contributed by atoms with Crippen LogP contribution in [0.5, 0.6) is 0 Å². The molecule has 0 heterocycles. The summed E-state index contributed by atoms with van der Waals surface area (Å²) in [6.07, 6.45) is 11.4. The molecule has 0 bridgehead atoms. The molecule has 2 atom stereocenters. The Labute approximate surface area is 126 Å². The van der Waals surface area contributed by atoms with Gasteiger partial charge in [-0.2, -0.15) is 0 Å². The Morgan fingerprint density at radius 3 is 2.05 bits per heavy atom. The molecule has 0 rings (SSSR count). The highest BCUT2D eigenvalue weighted by Gasteiger charge is 2.08. The van der Waals surface area contributed by atoms with E-state index in [0.29, 0.717) is 25.9 Å². The molecule has 122 valence electrons. The predicted octanol–water partition coefficient (Wildman–Crippen LogP) is 4.32. The Morgan fingerprint density at radius 1 is 0.850 bits per heavy atom. The number of hydrogen-bond acceptors (Lipinski definition) is 3. The minimum absolute atomic E-state index is 0.385. The molecule has 3 heteroatoms. The van der Waals surface area contributed by atoms with E-state index in [1.807, 2.05) is 0 Å². The van der Waals surface area contributed by atoms with Crippen molar-refractivity contribution in [1.29, 1.82) is 0 Å². The highest BCUT2D eigenvalue weighted by Crippen LogP contribution is 2.14. The maximum absolute atomic E-state index is 9.10. The molecule has 0 saturated heterocycles. The zero-order valence-electron chi connectivity index (χ0n) is 13.9. The molecule has 0 amide bonds. The van der Waals surface area contributed by atoms with Gasteiger partial charge in [-0.25, -0.2) is 0 Å². The van der Waals surface area contributed by atoms with Crippen LogP contribution in [0.2, 0.25) is 0 Å². The molecule has 0 aliphatic heterocycles. The lowest BCUT2D eigenvalue weighted by Gasteiger charge is -2.18. The van der Waals surface area contributed by atoms with Gasteiger partial charge in [-0.15, -0.1) is 0 Å². The topological polar surface area (TPSA) is 38.7 Å². The quantitative estimate of drug-likeness (QED) is 0.456. The van der Waals surface area contributed by atoms with Gasteiger partial charge in [0.25, 0.3) is 0 Å². The average molecular weight is 288 g/mol. The van der Waals surface area contributed by atoms with Gasteiger partial charge in [-0.1, -0.05) is 58.8 Å². The normalized spacial score (nSPS) is 14.4. The summed E-state index contributed by atoms with van der Waals surface area (Å²) in [7, 11) is 0. The molecule has 0 aliphatic rings. The molecule has 0 spiro atoms. The Bertz CT molecular complexity index is 183. The largest absolute Gasteiger partial charge is 0.391 e. The van der Waals surface area contributed by atoms with E-state index in [1.54, 1.807) is 6.92 Å². The van der Waals surface area contributed by atoms with E-state index in [2.05, 4.69) is 13.8 Å². The first kappa shape index (κ1) is 19.9. The third-order valence-electron chi connectivity index (χ3n) is 3.45. The lowest BCUT2D eigenvalue weighted by molar-refractivity contribution is -0.0214. The number of hydrogen-bond donors (Lipinski definition) is 1. The summed E-state index contributed by atoms with van der Waals surface area (Å²) in [5.74, 6) is 0. The molecule has 0 radical (unpaired) electrons. The third kappa shape index (κ3) is 14.3. The van der Waals surface area contributed by atoms with E-state index in [-0.39, 0.29) is 6.10 Å². The van der Waals surface area contributed by atoms with Gasteiger partial charge in [0, 0.05) is 0 Å². The van der Waals surface area contributed by atoms with Crippen LogP contribution in [0.15, 0.2) is 0 Å². The van der Waals surface area contributed by atoms with Gasteiger partial charge in [0.05, 0.1) is 32.0 Å². The number of unbranched alkanes of at least 4 members (excludes halogenated alkanes) is 5. The van der Waals surface area contributed by atoms with Gasteiger partial charge < -0.3 is 14.6 Å². The van der Waals surface area contributed by atoms with Crippen LogP contribution in [0.3, 0.4) is 0 Å². The summed E-state index contributed by atoms with van der Waals surface area (Å²) in [5.41, 5.74) is 0. The van der Waals surface area contributed by atoms with Crippen molar-refractivity contribution in [3.63, 3.8) is 0 Å². The first-order valence-corrected chi connectivity index (χ1v) is 8.58. The smallest absolute Gasteiger partial charge is 0.0745 e. The minimum Gasteiger partial charge on any atom is -0.391 e. The van der Waals surface area contributed by atoms with Crippen LogP contribution in [0.4, 0.5) is 0 Å². The van der Waals surface area contributed by atoms with Crippen molar-refractivity contribution in [3.05, 3.63) is 0 Å².